The number of nitrogens with zero attached hydrogens (tertiary/aromatic N) is 2. The Bertz CT molecular complexity index is 590. The smallest absolute Gasteiger partial charge is 0.278 e. The average Bonchev–Trinajstić information content (AvgIpc) is 2.39. The number of benzene rings is 1. The molecular weight excluding hydrogens is 297 g/mol. The van der Waals surface area contributed by atoms with Gasteiger partial charge in [-0.15, -0.1) is 0 Å². The highest BCUT2D eigenvalue weighted by Gasteiger charge is 2.15. The Morgan fingerprint density at radius 1 is 1.29 bits per heavy atom. The van der Waals surface area contributed by atoms with Crippen molar-refractivity contribution in [1.29, 1.82) is 0 Å². The number of carbonyl (C=O) groups is 1. The van der Waals surface area contributed by atoms with E-state index in [1.54, 1.807) is 18.2 Å². The maximum Gasteiger partial charge on any atom is 0.278 e. The van der Waals surface area contributed by atoms with Crippen LogP contribution in [0.3, 0.4) is 0 Å². The molecule has 0 aliphatic rings. The number of rotatable bonds is 7. The molecule has 0 saturated carbocycles. The Labute approximate surface area is 124 Å². The minimum Gasteiger partial charge on any atom is -0.337 e. The van der Waals surface area contributed by atoms with Crippen LogP contribution < -0.4 is 4.72 Å². The van der Waals surface area contributed by atoms with E-state index >= 15 is 0 Å². The lowest BCUT2D eigenvalue weighted by atomic mass is 10.2. The summed E-state index contributed by atoms with van der Waals surface area (Å²) in [6.45, 7) is 1.69. The number of hydrogen-bond donors (Lipinski definition) is 1. The monoisotopic (exact) mass is 317 g/mol. The fourth-order valence-corrected chi connectivity index (χ4v) is 2.23. The highest BCUT2D eigenvalue weighted by Crippen LogP contribution is 2.09. The number of nitrogens with one attached hydrogen (secondary N) is 1. The average molecular weight is 317 g/mol. The lowest BCUT2D eigenvalue weighted by Crippen LogP contribution is -2.41. The SMILES string of the molecule is CC(=O)N(CCNS(=O)(=O)N(C)C)Cc1ccccc1F. The molecule has 6 nitrogen and oxygen atoms in total. The molecule has 0 fully saturated rings. The van der Waals surface area contributed by atoms with Gasteiger partial charge in [0, 0.05) is 46.2 Å². The Hall–Kier alpha value is -1.51. The zero-order valence-corrected chi connectivity index (χ0v) is 13.2. The Kier molecular flexibility index (Phi) is 6.25. The summed E-state index contributed by atoms with van der Waals surface area (Å²) in [6.07, 6.45) is 0. The van der Waals surface area contributed by atoms with Gasteiger partial charge in [-0.3, -0.25) is 4.79 Å². The molecule has 118 valence electrons. The van der Waals surface area contributed by atoms with Gasteiger partial charge in [-0.05, 0) is 6.07 Å². The van der Waals surface area contributed by atoms with Gasteiger partial charge in [0.05, 0.1) is 0 Å². The van der Waals surface area contributed by atoms with E-state index in [1.165, 1.54) is 32.0 Å². The number of hydrogen-bond acceptors (Lipinski definition) is 3. The van der Waals surface area contributed by atoms with Crippen LogP contribution in [0.2, 0.25) is 0 Å². The van der Waals surface area contributed by atoms with Gasteiger partial charge in [-0.25, -0.2) is 9.11 Å². The highest BCUT2D eigenvalue weighted by atomic mass is 32.2. The summed E-state index contributed by atoms with van der Waals surface area (Å²) in [6, 6.07) is 6.17. The molecule has 0 spiro atoms. The molecule has 1 aromatic rings. The van der Waals surface area contributed by atoms with Crippen LogP contribution in [0.25, 0.3) is 0 Å². The molecule has 8 heteroatoms. The molecule has 0 heterocycles. The molecular formula is C13H20FN3O3S. The van der Waals surface area contributed by atoms with Gasteiger partial charge < -0.3 is 4.90 Å². The van der Waals surface area contributed by atoms with Crippen LogP contribution in [-0.2, 0) is 21.5 Å². The molecule has 0 aromatic heterocycles. The molecule has 0 bridgehead atoms. The van der Waals surface area contributed by atoms with Crippen LogP contribution in [-0.4, -0.2) is 50.7 Å². The number of halogens is 1. The first-order chi connectivity index (χ1) is 9.74. The zero-order valence-electron chi connectivity index (χ0n) is 12.3. The normalized spacial score (nSPS) is 11.7. The highest BCUT2D eigenvalue weighted by molar-refractivity contribution is 7.87. The second kappa shape index (κ2) is 7.48. The molecule has 1 aromatic carbocycles. The third kappa shape index (κ3) is 5.41. The van der Waals surface area contributed by atoms with E-state index < -0.39 is 16.0 Å². The second-order valence-electron chi connectivity index (χ2n) is 4.71. The lowest BCUT2D eigenvalue weighted by molar-refractivity contribution is -0.129. The third-order valence-corrected chi connectivity index (χ3v) is 4.44. The van der Waals surface area contributed by atoms with E-state index in [4.69, 9.17) is 0 Å². The van der Waals surface area contributed by atoms with Gasteiger partial charge >= 0.3 is 0 Å². The van der Waals surface area contributed by atoms with Crippen LogP contribution in [0.4, 0.5) is 4.39 Å². The van der Waals surface area contributed by atoms with Gasteiger partial charge in [0.15, 0.2) is 0 Å². The molecule has 0 radical (unpaired) electrons. The number of carbonyl (C=O) groups excluding carboxylic acids is 1. The van der Waals surface area contributed by atoms with Crippen LogP contribution in [0.1, 0.15) is 12.5 Å². The van der Waals surface area contributed by atoms with Crippen LogP contribution in [0, 0.1) is 5.82 Å². The van der Waals surface area contributed by atoms with Gasteiger partial charge in [-0.1, -0.05) is 18.2 Å². The minimum absolute atomic E-state index is 0.0640. The fraction of sp³-hybridized carbons (Fsp3) is 0.462. The molecule has 1 N–H and O–H groups in total. The first kappa shape index (κ1) is 17.5. The maximum atomic E-state index is 13.6. The number of amides is 1. The standard InChI is InChI=1S/C13H20FN3O3S/c1-11(18)17(9-8-15-21(19,20)16(2)3)10-12-6-4-5-7-13(12)14/h4-7,15H,8-10H2,1-3H3. The van der Waals surface area contributed by atoms with Crippen LogP contribution in [0.15, 0.2) is 24.3 Å². The van der Waals surface area contributed by atoms with Gasteiger partial charge in [0.2, 0.25) is 5.91 Å². The van der Waals surface area contributed by atoms with Crippen LogP contribution >= 0.6 is 0 Å². The summed E-state index contributed by atoms with van der Waals surface area (Å²) in [7, 11) is -0.715. The predicted octanol–water partition coefficient (Wildman–Crippen LogP) is 0.570. The summed E-state index contributed by atoms with van der Waals surface area (Å²) >= 11 is 0. The van der Waals surface area contributed by atoms with Crippen molar-refractivity contribution in [1.82, 2.24) is 13.9 Å². The summed E-state index contributed by atoms with van der Waals surface area (Å²) in [5.74, 6) is -0.639. The van der Waals surface area contributed by atoms with Crippen molar-refractivity contribution in [2.75, 3.05) is 27.2 Å². The molecule has 0 saturated heterocycles. The van der Waals surface area contributed by atoms with E-state index in [1.807, 2.05) is 0 Å². The molecule has 21 heavy (non-hydrogen) atoms. The fourth-order valence-electron chi connectivity index (χ4n) is 1.62. The maximum absolute atomic E-state index is 13.6. The molecule has 1 amide bonds. The molecule has 0 unspecified atom stereocenters. The van der Waals surface area contributed by atoms with E-state index in [-0.39, 0.29) is 25.5 Å². The summed E-state index contributed by atoms with van der Waals surface area (Å²) in [5, 5.41) is 0. The van der Waals surface area contributed by atoms with E-state index in [2.05, 4.69) is 4.72 Å². The molecule has 1 rings (SSSR count). The summed E-state index contributed by atoms with van der Waals surface area (Å²) in [4.78, 5) is 13.0. The molecule has 0 atom stereocenters. The molecule has 0 aliphatic heterocycles. The predicted molar refractivity (Wildman–Crippen MR) is 78.1 cm³/mol. The third-order valence-electron chi connectivity index (χ3n) is 2.91. The van der Waals surface area contributed by atoms with E-state index in [9.17, 15) is 17.6 Å². The largest absolute Gasteiger partial charge is 0.337 e. The van der Waals surface area contributed by atoms with Crippen molar-refractivity contribution < 1.29 is 17.6 Å². The first-order valence-electron chi connectivity index (χ1n) is 6.40. The summed E-state index contributed by atoms with van der Waals surface area (Å²) < 4.78 is 40.1. The van der Waals surface area contributed by atoms with Crippen molar-refractivity contribution in [3.63, 3.8) is 0 Å². The Morgan fingerprint density at radius 2 is 1.90 bits per heavy atom. The van der Waals surface area contributed by atoms with E-state index in [0.29, 0.717) is 5.56 Å². The van der Waals surface area contributed by atoms with Gasteiger partial charge in [-0.2, -0.15) is 12.7 Å². The van der Waals surface area contributed by atoms with Crippen molar-refractivity contribution in [2.24, 2.45) is 0 Å². The zero-order chi connectivity index (χ0) is 16.0. The Balaban J connectivity index is 2.64. The quantitative estimate of drug-likeness (QED) is 0.799. The minimum atomic E-state index is -3.53. The summed E-state index contributed by atoms with van der Waals surface area (Å²) in [5.41, 5.74) is 0.392. The van der Waals surface area contributed by atoms with Crippen molar-refractivity contribution in [2.45, 2.75) is 13.5 Å². The first-order valence-corrected chi connectivity index (χ1v) is 7.84. The van der Waals surface area contributed by atoms with Gasteiger partial charge in [0.25, 0.3) is 10.2 Å². The molecule has 0 aliphatic carbocycles. The lowest BCUT2D eigenvalue weighted by Gasteiger charge is -2.22. The second-order valence-corrected chi connectivity index (χ2v) is 6.68. The van der Waals surface area contributed by atoms with Gasteiger partial charge in [0.1, 0.15) is 5.82 Å². The van der Waals surface area contributed by atoms with Crippen molar-refractivity contribution >= 4 is 16.1 Å². The Morgan fingerprint density at radius 3 is 2.43 bits per heavy atom. The topological polar surface area (TPSA) is 69.7 Å². The van der Waals surface area contributed by atoms with Crippen molar-refractivity contribution in [3.05, 3.63) is 35.6 Å². The van der Waals surface area contributed by atoms with E-state index in [0.717, 1.165) is 4.31 Å². The van der Waals surface area contributed by atoms with Crippen LogP contribution in [0.5, 0.6) is 0 Å². The van der Waals surface area contributed by atoms with Crippen molar-refractivity contribution in [3.8, 4) is 0 Å².